The van der Waals surface area contributed by atoms with Crippen molar-refractivity contribution in [3.8, 4) is 0 Å². The van der Waals surface area contributed by atoms with Crippen LogP contribution >= 0.6 is 11.3 Å². The summed E-state index contributed by atoms with van der Waals surface area (Å²) >= 11 is 1.75. The van der Waals surface area contributed by atoms with Crippen molar-refractivity contribution in [2.45, 2.75) is 18.9 Å². The molecule has 1 aliphatic rings. The summed E-state index contributed by atoms with van der Waals surface area (Å²) in [5.41, 5.74) is 0. The Kier molecular flexibility index (Phi) is 2.08. The molecule has 0 saturated heterocycles. The van der Waals surface area contributed by atoms with Crippen molar-refractivity contribution in [2.75, 3.05) is 11.9 Å². The summed E-state index contributed by atoms with van der Waals surface area (Å²) in [7, 11) is 2.14. The zero-order valence-corrected chi connectivity index (χ0v) is 10.9. The van der Waals surface area contributed by atoms with Gasteiger partial charge in [0.05, 0.1) is 5.39 Å². The predicted octanol–water partition coefficient (Wildman–Crippen LogP) is 3.44. The molecule has 18 heavy (non-hydrogen) atoms. The molecule has 90 valence electrons. The Morgan fingerprint density at radius 1 is 1.22 bits per heavy atom. The number of aromatic nitrogens is 2. The van der Waals surface area contributed by atoms with Crippen molar-refractivity contribution >= 4 is 37.5 Å². The molecule has 4 heteroatoms. The van der Waals surface area contributed by atoms with Crippen LogP contribution in [-0.4, -0.2) is 23.1 Å². The Morgan fingerprint density at radius 3 is 2.89 bits per heavy atom. The quantitative estimate of drug-likeness (QED) is 0.702. The SMILES string of the molecule is CN(c1ncnc2sc3ccccc3c12)C1CC1. The van der Waals surface area contributed by atoms with Crippen molar-refractivity contribution in [1.82, 2.24) is 9.97 Å². The normalized spacial score (nSPS) is 15.4. The lowest BCUT2D eigenvalue weighted by Gasteiger charge is -2.17. The smallest absolute Gasteiger partial charge is 0.141 e. The second kappa shape index (κ2) is 3.65. The molecule has 2 heterocycles. The van der Waals surface area contributed by atoms with E-state index in [0.29, 0.717) is 6.04 Å². The third kappa shape index (κ3) is 1.42. The van der Waals surface area contributed by atoms with Gasteiger partial charge in [-0.05, 0) is 18.9 Å². The fourth-order valence-electron chi connectivity index (χ4n) is 2.44. The summed E-state index contributed by atoms with van der Waals surface area (Å²) in [5.74, 6) is 1.08. The number of rotatable bonds is 2. The fourth-order valence-corrected chi connectivity index (χ4v) is 3.48. The Morgan fingerprint density at radius 2 is 2.06 bits per heavy atom. The lowest BCUT2D eigenvalue weighted by Crippen LogP contribution is -2.20. The molecule has 3 nitrogen and oxygen atoms in total. The molecule has 1 aromatic carbocycles. The molecular formula is C14H13N3S. The van der Waals surface area contributed by atoms with Crippen LogP contribution in [0.15, 0.2) is 30.6 Å². The van der Waals surface area contributed by atoms with E-state index in [0.717, 1.165) is 10.6 Å². The molecule has 0 unspecified atom stereocenters. The van der Waals surface area contributed by atoms with Gasteiger partial charge in [-0.15, -0.1) is 11.3 Å². The highest BCUT2D eigenvalue weighted by molar-refractivity contribution is 7.25. The molecule has 0 bridgehead atoms. The van der Waals surface area contributed by atoms with Crippen molar-refractivity contribution in [1.29, 1.82) is 0 Å². The molecule has 4 rings (SSSR count). The first-order valence-corrected chi connectivity index (χ1v) is 7.01. The highest BCUT2D eigenvalue weighted by Crippen LogP contribution is 2.39. The Labute approximate surface area is 109 Å². The van der Waals surface area contributed by atoms with Gasteiger partial charge in [0.1, 0.15) is 17.0 Å². The summed E-state index contributed by atoms with van der Waals surface area (Å²) in [4.78, 5) is 12.3. The van der Waals surface area contributed by atoms with Gasteiger partial charge in [-0.25, -0.2) is 9.97 Å². The molecule has 1 aliphatic carbocycles. The minimum Gasteiger partial charge on any atom is -0.356 e. The summed E-state index contributed by atoms with van der Waals surface area (Å²) in [6.07, 6.45) is 4.25. The second-order valence-corrected chi connectivity index (χ2v) is 5.85. The third-order valence-corrected chi connectivity index (χ3v) is 4.66. The number of nitrogens with zero attached hydrogens (tertiary/aromatic N) is 3. The van der Waals surface area contributed by atoms with Crippen LogP contribution in [0, 0.1) is 0 Å². The minimum atomic E-state index is 0.668. The third-order valence-electron chi connectivity index (χ3n) is 3.58. The second-order valence-electron chi connectivity index (χ2n) is 4.82. The zero-order valence-electron chi connectivity index (χ0n) is 10.1. The topological polar surface area (TPSA) is 29.0 Å². The van der Waals surface area contributed by atoms with Crippen LogP contribution in [0.4, 0.5) is 5.82 Å². The number of hydrogen-bond donors (Lipinski definition) is 0. The molecule has 0 amide bonds. The van der Waals surface area contributed by atoms with Crippen LogP contribution < -0.4 is 4.90 Å². The summed E-state index contributed by atoms with van der Waals surface area (Å²) < 4.78 is 1.29. The minimum absolute atomic E-state index is 0.668. The van der Waals surface area contributed by atoms with Gasteiger partial charge in [0.15, 0.2) is 0 Å². The van der Waals surface area contributed by atoms with Crippen LogP contribution in [0.3, 0.4) is 0 Å². The molecule has 0 atom stereocenters. The van der Waals surface area contributed by atoms with Gasteiger partial charge >= 0.3 is 0 Å². The van der Waals surface area contributed by atoms with E-state index in [9.17, 15) is 0 Å². The first-order valence-electron chi connectivity index (χ1n) is 6.19. The van der Waals surface area contributed by atoms with E-state index >= 15 is 0 Å². The molecule has 0 aliphatic heterocycles. The summed E-state index contributed by atoms with van der Waals surface area (Å²) in [6.45, 7) is 0. The number of anilines is 1. The number of hydrogen-bond acceptors (Lipinski definition) is 4. The van der Waals surface area contributed by atoms with E-state index in [2.05, 4.69) is 46.2 Å². The first-order chi connectivity index (χ1) is 8.84. The molecule has 0 radical (unpaired) electrons. The van der Waals surface area contributed by atoms with Gasteiger partial charge in [-0.1, -0.05) is 18.2 Å². The lowest BCUT2D eigenvalue weighted by molar-refractivity contribution is 0.895. The predicted molar refractivity (Wildman–Crippen MR) is 76.3 cm³/mol. The van der Waals surface area contributed by atoms with Gasteiger partial charge in [-0.3, -0.25) is 0 Å². The van der Waals surface area contributed by atoms with E-state index < -0.39 is 0 Å². The maximum Gasteiger partial charge on any atom is 0.141 e. The van der Waals surface area contributed by atoms with Crippen molar-refractivity contribution < 1.29 is 0 Å². The average Bonchev–Trinajstić information content (AvgIpc) is 3.18. The van der Waals surface area contributed by atoms with Gasteiger partial charge in [-0.2, -0.15) is 0 Å². The lowest BCUT2D eigenvalue weighted by atomic mass is 10.2. The van der Waals surface area contributed by atoms with Crippen LogP contribution in [0.1, 0.15) is 12.8 Å². The first kappa shape index (κ1) is 10.3. The molecule has 2 aromatic heterocycles. The fraction of sp³-hybridized carbons (Fsp3) is 0.286. The zero-order chi connectivity index (χ0) is 12.1. The Hall–Kier alpha value is -1.68. The van der Waals surface area contributed by atoms with Crippen LogP contribution in [0.5, 0.6) is 0 Å². The van der Waals surface area contributed by atoms with Crippen LogP contribution in [0.2, 0.25) is 0 Å². The molecular weight excluding hydrogens is 242 g/mol. The number of fused-ring (bicyclic) bond motifs is 3. The van der Waals surface area contributed by atoms with Crippen molar-refractivity contribution in [3.63, 3.8) is 0 Å². The maximum absolute atomic E-state index is 4.51. The standard InChI is InChI=1S/C14H13N3S/c1-17(9-6-7-9)13-12-10-4-2-3-5-11(10)18-14(12)16-8-15-13/h2-5,8-9H,6-7H2,1H3. The van der Waals surface area contributed by atoms with E-state index in [-0.39, 0.29) is 0 Å². The van der Waals surface area contributed by atoms with E-state index in [1.807, 2.05) is 0 Å². The maximum atomic E-state index is 4.51. The largest absolute Gasteiger partial charge is 0.356 e. The molecule has 0 N–H and O–H groups in total. The molecule has 0 spiro atoms. The van der Waals surface area contributed by atoms with Gasteiger partial charge in [0, 0.05) is 23.2 Å². The van der Waals surface area contributed by atoms with E-state index in [4.69, 9.17) is 0 Å². The molecule has 1 saturated carbocycles. The Bertz CT molecular complexity index is 730. The van der Waals surface area contributed by atoms with Gasteiger partial charge < -0.3 is 4.90 Å². The number of benzene rings is 1. The Balaban J connectivity index is 2.06. The van der Waals surface area contributed by atoms with Crippen LogP contribution in [0.25, 0.3) is 20.3 Å². The van der Waals surface area contributed by atoms with E-state index in [1.54, 1.807) is 17.7 Å². The highest BCUT2D eigenvalue weighted by Gasteiger charge is 2.28. The van der Waals surface area contributed by atoms with Gasteiger partial charge in [0.2, 0.25) is 0 Å². The highest BCUT2D eigenvalue weighted by atomic mass is 32.1. The summed E-state index contributed by atoms with van der Waals surface area (Å²) in [5, 5.41) is 2.49. The average molecular weight is 255 g/mol. The van der Waals surface area contributed by atoms with Crippen molar-refractivity contribution in [3.05, 3.63) is 30.6 Å². The molecule has 1 fully saturated rings. The number of thiophene rings is 1. The van der Waals surface area contributed by atoms with Gasteiger partial charge in [0.25, 0.3) is 0 Å². The molecule has 3 aromatic rings. The van der Waals surface area contributed by atoms with Crippen LogP contribution in [-0.2, 0) is 0 Å². The monoisotopic (exact) mass is 255 g/mol. The summed E-state index contributed by atoms with van der Waals surface area (Å²) in [6, 6.07) is 9.16. The van der Waals surface area contributed by atoms with E-state index in [1.165, 1.54) is 28.3 Å². The van der Waals surface area contributed by atoms with Crippen molar-refractivity contribution in [2.24, 2.45) is 0 Å².